The van der Waals surface area contributed by atoms with E-state index in [-0.39, 0.29) is 24.7 Å². The number of aromatic nitrogens is 2. The van der Waals surface area contributed by atoms with E-state index in [1.54, 1.807) is 30.7 Å². The van der Waals surface area contributed by atoms with Crippen molar-refractivity contribution in [3.8, 4) is 5.75 Å². The number of rotatable bonds is 7. The van der Waals surface area contributed by atoms with E-state index in [9.17, 15) is 13.6 Å². The van der Waals surface area contributed by atoms with Gasteiger partial charge in [0.05, 0.1) is 23.6 Å². The maximum absolute atomic E-state index is 14.2. The highest BCUT2D eigenvalue weighted by molar-refractivity contribution is 6.31. The minimum Gasteiger partial charge on any atom is -0.486 e. The molecule has 4 rings (SSSR count). The second-order valence-electron chi connectivity index (χ2n) is 7.37. The number of ether oxygens (including phenoxy) is 1. The lowest BCUT2D eigenvalue weighted by Crippen LogP contribution is -2.13. The average molecular weight is 472 g/mol. The molecule has 0 aliphatic rings. The molecule has 0 aliphatic heterocycles. The van der Waals surface area contributed by atoms with Crippen molar-refractivity contribution in [3.63, 3.8) is 0 Å². The molecule has 0 bridgehead atoms. The van der Waals surface area contributed by atoms with Gasteiger partial charge in [0.15, 0.2) is 5.76 Å². The van der Waals surface area contributed by atoms with Crippen molar-refractivity contribution in [2.75, 3.05) is 5.32 Å². The number of carbonyl (C=O) groups excluding carboxylic acids is 1. The molecule has 0 radical (unpaired) electrons. The molecule has 1 N–H and O–H groups in total. The van der Waals surface area contributed by atoms with Crippen LogP contribution in [0.4, 0.5) is 14.5 Å². The highest BCUT2D eigenvalue weighted by Gasteiger charge is 2.19. The van der Waals surface area contributed by atoms with E-state index in [4.69, 9.17) is 20.8 Å². The molecule has 0 fully saturated rings. The van der Waals surface area contributed by atoms with E-state index in [1.807, 2.05) is 0 Å². The van der Waals surface area contributed by atoms with Crippen molar-refractivity contribution in [1.29, 1.82) is 0 Å². The first-order valence-electron chi connectivity index (χ1n) is 10.1. The Balaban J connectivity index is 1.44. The number of hydrogen-bond acceptors (Lipinski definition) is 4. The summed E-state index contributed by atoms with van der Waals surface area (Å²) < 4.78 is 39.8. The Bertz CT molecular complexity index is 1280. The summed E-state index contributed by atoms with van der Waals surface area (Å²) in [6.07, 6.45) is 0. The van der Waals surface area contributed by atoms with Gasteiger partial charge in [-0.05, 0) is 62.4 Å². The van der Waals surface area contributed by atoms with E-state index < -0.39 is 11.7 Å². The Morgan fingerprint density at radius 1 is 1.12 bits per heavy atom. The van der Waals surface area contributed by atoms with Gasteiger partial charge in [0.1, 0.15) is 29.8 Å². The molecule has 6 nitrogen and oxygen atoms in total. The number of furan rings is 1. The number of hydrogen-bond donors (Lipinski definition) is 1. The van der Waals surface area contributed by atoms with Gasteiger partial charge < -0.3 is 14.5 Å². The van der Waals surface area contributed by atoms with Crippen LogP contribution in [-0.4, -0.2) is 15.7 Å². The number of aryl methyl sites for hydroxylation is 1. The lowest BCUT2D eigenvalue weighted by atomic mass is 10.2. The van der Waals surface area contributed by atoms with Crippen LogP contribution in [0.5, 0.6) is 5.75 Å². The first-order valence-corrected chi connectivity index (χ1v) is 10.4. The van der Waals surface area contributed by atoms with E-state index >= 15 is 0 Å². The fraction of sp³-hybridized carbons (Fsp3) is 0.167. The van der Waals surface area contributed by atoms with Gasteiger partial charge in [-0.3, -0.25) is 9.48 Å². The van der Waals surface area contributed by atoms with Gasteiger partial charge in [-0.15, -0.1) is 0 Å². The molecule has 2 heterocycles. The van der Waals surface area contributed by atoms with Crippen LogP contribution in [0, 0.1) is 25.5 Å². The zero-order valence-corrected chi connectivity index (χ0v) is 18.6. The molecule has 2 aromatic carbocycles. The molecule has 0 atom stereocenters. The largest absolute Gasteiger partial charge is 0.486 e. The third-order valence-electron chi connectivity index (χ3n) is 5.07. The predicted octanol–water partition coefficient (Wildman–Crippen LogP) is 5.90. The fourth-order valence-electron chi connectivity index (χ4n) is 3.30. The van der Waals surface area contributed by atoms with E-state index in [0.29, 0.717) is 39.2 Å². The van der Waals surface area contributed by atoms with Crippen LogP contribution in [0.3, 0.4) is 0 Å². The zero-order valence-electron chi connectivity index (χ0n) is 17.9. The molecule has 0 spiro atoms. The second kappa shape index (κ2) is 9.46. The molecule has 170 valence electrons. The van der Waals surface area contributed by atoms with E-state index in [2.05, 4.69) is 10.4 Å². The summed E-state index contributed by atoms with van der Waals surface area (Å²) in [7, 11) is 0. The van der Waals surface area contributed by atoms with Gasteiger partial charge >= 0.3 is 0 Å². The number of halogens is 3. The van der Waals surface area contributed by atoms with E-state index in [1.165, 1.54) is 42.5 Å². The molecule has 9 heteroatoms. The van der Waals surface area contributed by atoms with Gasteiger partial charge in [-0.1, -0.05) is 17.7 Å². The summed E-state index contributed by atoms with van der Waals surface area (Å²) in [5.41, 5.74) is 2.04. The Hall–Kier alpha value is -3.65. The predicted molar refractivity (Wildman–Crippen MR) is 120 cm³/mol. The molecule has 0 saturated heterocycles. The van der Waals surface area contributed by atoms with Gasteiger partial charge in [0.2, 0.25) is 0 Å². The quantitative estimate of drug-likeness (QED) is 0.364. The van der Waals surface area contributed by atoms with Crippen molar-refractivity contribution < 1.29 is 22.7 Å². The Labute approximate surface area is 193 Å². The minimum atomic E-state index is -0.460. The number of amides is 1. The summed E-state index contributed by atoms with van der Waals surface area (Å²) >= 11 is 6.13. The topological polar surface area (TPSA) is 69.3 Å². The number of carbonyl (C=O) groups is 1. The fourth-order valence-corrected chi connectivity index (χ4v) is 3.53. The standard InChI is InChI=1S/C24H20ClF2N3O3/c1-14-23(15(2)30(29-14)12-19-20(25)4-3-5-21(19)27)28-24(31)22-11-10-18(33-22)13-32-17-8-6-16(26)7-9-17/h3-11H,12-13H2,1-2H3,(H,28,31). The summed E-state index contributed by atoms with van der Waals surface area (Å²) in [6.45, 7) is 3.72. The molecular formula is C24H20ClF2N3O3. The monoisotopic (exact) mass is 471 g/mol. The van der Waals surface area contributed by atoms with Crippen molar-refractivity contribution in [2.24, 2.45) is 0 Å². The van der Waals surface area contributed by atoms with Crippen molar-refractivity contribution in [2.45, 2.75) is 27.0 Å². The van der Waals surface area contributed by atoms with Crippen molar-refractivity contribution in [3.05, 3.63) is 99.7 Å². The summed E-state index contributed by atoms with van der Waals surface area (Å²) in [5.74, 6) is -0.235. The van der Waals surface area contributed by atoms with Crippen LogP contribution >= 0.6 is 11.6 Å². The SMILES string of the molecule is Cc1nn(Cc2c(F)cccc2Cl)c(C)c1NC(=O)c1ccc(COc2ccc(F)cc2)o1. The molecule has 2 aromatic heterocycles. The number of anilines is 1. The Morgan fingerprint density at radius 3 is 2.61 bits per heavy atom. The highest BCUT2D eigenvalue weighted by atomic mass is 35.5. The smallest absolute Gasteiger partial charge is 0.291 e. The van der Waals surface area contributed by atoms with Gasteiger partial charge in [0.25, 0.3) is 5.91 Å². The maximum Gasteiger partial charge on any atom is 0.291 e. The van der Waals surface area contributed by atoms with Gasteiger partial charge in [-0.25, -0.2) is 8.78 Å². The molecule has 33 heavy (non-hydrogen) atoms. The van der Waals surface area contributed by atoms with E-state index in [0.717, 1.165) is 0 Å². The molecule has 1 amide bonds. The zero-order chi connectivity index (χ0) is 23.5. The Kier molecular flexibility index (Phi) is 6.46. The first kappa shape index (κ1) is 22.5. The molecule has 4 aromatic rings. The van der Waals surface area contributed by atoms with Crippen LogP contribution in [0.2, 0.25) is 5.02 Å². The normalized spacial score (nSPS) is 10.9. The lowest BCUT2D eigenvalue weighted by molar-refractivity contribution is 0.0992. The number of nitrogens with one attached hydrogen (secondary N) is 1. The maximum atomic E-state index is 14.2. The van der Waals surface area contributed by atoms with Crippen LogP contribution in [0.25, 0.3) is 0 Å². The number of nitrogens with zero attached hydrogens (tertiary/aromatic N) is 2. The highest BCUT2D eigenvalue weighted by Crippen LogP contribution is 2.25. The van der Waals surface area contributed by atoms with Gasteiger partial charge in [0, 0.05) is 10.6 Å². The summed E-state index contributed by atoms with van der Waals surface area (Å²) in [5, 5.41) is 7.51. The first-order chi connectivity index (χ1) is 15.8. The minimum absolute atomic E-state index is 0.0816. The molecule has 0 unspecified atom stereocenters. The average Bonchev–Trinajstić information content (AvgIpc) is 3.36. The second-order valence-corrected chi connectivity index (χ2v) is 7.77. The van der Waals surface area contributed by atoms with Crippen LogP contribution in [0.15, 0.2) is 59.0 Å². The summed E-state index contributed by atoms with van der Waals surface area (Å²) in [6, 6.07) is 13.2. The lowest BCUT2D eigenvalue weighted by Gasteiger charge is -2.09. The van der Waals surface area contributed by atoms with Crippen LogP contribution < -0.4 is 10.1 Å². The third kappa shape index (κ3) is 5.06. The van der Waals surface area contributed by atoms with Crippen LogP contribution in [-0.2, 0) is 13.2 Å². The summed E-state index contributed by atoms with van der Waals surface area (Å²) in [4.78, 5) is 12.7. The Morgan fingerprint density at radius 2 is 1.88 bits per heavy atom. The van der Waals surface area contributed by atoms with Gasteiger partial charge in [-0.2, -0.15) is 5.10 Å². The van der Waals surface area contributed by atoms with Crippen molar-refractivity contribution in [1.82, 2.24) is 9.78 Å². The molecule has 0 saturated carbocycles. The third-order valence-corrected chi connectivity index (χ3v) is 5.42. The van der Waals surface area contributed by atoms with Crippen molar-refractivity contribution >= 4 is 23.2 Å². The number of benzene rings is 2. The molecule has 0 aliphatic carbocycles. The van der Waals surface area contributed by atoms with Crippen LogP contribution in [0.1, 0.15) is 33.3 Å². The molecular weight excluding hydrogens is 452 g/mol.